The molecule has 0 spiro atoms. The molecular formula is C29H17NO2. The Hall–Kier alpha value is -4.37. The monoisotopic (exact) mass is 411 g/mol. The molecule has 3 aromatic heterocycles. The van der Waals surface area contributed by atoms with Crippen LogP contribution in [0, 0.1) is 0 Å². The first-order chi connectivity index (χ1) is 15.8. The van der Waals surface area contributed by atoms with Gasteiger partial charge in [-0.15, -0.1) is 0 Å². The van der Waals surface area contributed by atoms with Crippen LogP contribution < -0.4 is 5.56 Å². The van der Waals surface area contributed by atoms with Crippen LogP contribution in [-0.4, -0.2) is 4.40 Å². The molecule has 0 saturated heterocycles. The van der Waals surface area contributed by atoms with E-state index in [1.807, 2.05) is 77.2 Å². The number of benzene rings is 4. The summed E-state index contributed by atoms with van der Waals surface area (Å²) in [6.07, 6.45) is 0. The molecule has 0 aliphatic carbocycles. The van der Waals surface area contributed by atoms with Crippen molar-refractivity contribution in [2.75, 3.05) is 0 Å². The molecule has 3 heterocycles. The number of furan rings is 1. The molecule has 0 amide bonds. The normalized spacial score (nSPS) is 11.9. The number of pyridine rings is 1. The summed E-state index contributed by atoms with van der Waals surface area (Å²) in [5.74, 6) is 1.51. The van der Waals surface area contributed by atoms with Gasteiger partial charge in [0, 0.05) is 27.3 Å². The molecule has 3 heteroatoms. The molecule has 32 heavy (non-hydrogen) atoms. The van der Waals surface area contributed by atoms with E-state index in [1.165, 1.54) is 0 Å². The summed E-state index contributed by atoms with van der Waals surface area (Å²) >= 11 is 0. The molecule has 0 N–H and O–H groups in total. The quantitative estimate of drug-likeness (QED) is 0.284. The smallest absolute Gasteiger partial charge is 0.263 e. The van der Waals surface area contributed by atoms with E-state index in [2.05, 4.69) is 30.3 Å². The van der Waals surface area contributed by atoms with Crippen LogP contribution in [0.2, 0.25) is 0 Å². The molecule has 0 atom stereocenters. The Balaban J connectivity index is 1.81. The summed E-state index contributed by atoms with van der Waals surface area (Å²) in [6.45, 7) is 0. The van der Waals surface area contributed by atoms with Gasteiger partial charge in [-0.25, -0.2) is 0 Å². The third-order valence-corrected chi connectivity index (χ3v) is 6.36. The van der Waals surface area contributed by atoms with E-state index in [0.29, 0.717) is 11.1 Å². The van der Waals surface area contributed by atoms with E-state index in [0.717, 1.165) is 49.5 Å². The minimum Gasteiger partial charge on any atom is -0.453 e. The fourth-order valence-corrected chi connectivity index (χ4v) is 5.01. The molecule has 0 saturated carbocycles. The summed E-state index contributed by atoms with van der Waals surface area (Å²) in [7, 11) is 0. The molecule has 0 fully saturated rings. The highest BCUT2D eigenvalue weighted by Crippen LogP contribution is 2.45. The maximum atomic E-state index is 13.8. The van der Waals surface area contributed by atoms with Crippen molar-refractivity contribution in [1.82, 2.24) is 4.40 Å². The number of fused-ring (bicyclic) bond motifs is 5. The van der Waals surface area contributed by atoms with Gasteiger partial charge in [0.1, 0.15) is 11.3 Å². The SMILES string of the molecule is O=c1c2ccccc2c2cccc3c4c(-c5ccccc5)oc(-c5ccccc5)c4n1c23. The van der Waals surface area contributed by atoms with Crippen LogP contribution in [-0.2, 0) is 0 Å². The standard InChI is InChI=1S/C29H17NO2/c31-29-22-15-8-7-14-20(22)21-16-9-17-23-24-26(30(29)25(21)23)28(19-12-5-2-6-13-19)32-27(24)18-10-3-1-4-11-18/h1-17H. The number of hydrogen-bond acceptors (Lipinski definition) is 2. The zero-order valence-corrected chi connectivity index (χ0v) is 17.1. The predicted octanol–water partition coefficient (Wildman–Crippen LogP) is 7.12. The van der Waals surface area contributed by atoms with Gasteiger partial charge in [-0.2, -0.15) is 0 Å². The maximum absolute atomic E-state index is 13.8. The Bertz CT molecular complexity index is 1830. The molecule has 0 bridgehead atoms. The molecule has 0 unspecified atom stereocenters. The minimum absolute atomic E-state index is 0.0168. The van der Waals surface area contributed by atoms with Gasteiger partial charge < -0.3 is 4.42 Å². The lowest BCUT2D eigenvalue weighted by atomic mass is 10.0. The van der Waals surface area contributed by atoms with E-state index < -0.39 is 0 Å². The second-order valence-corrected chi connectivity index (χ2v) is 8.10. The number of rotatable bonds is 2. The van der Waals surface area contributed by atoms with E-state index in [1.54, 1.807) is 0 Å². The van der Waals surface area contributed by atoms with Crippen LogP contribution >= 0.6 is 0 Å². The summed E-state index contributed by atoms with van der Waals surface area (Å²) in [4.78, 5) is 13.8. The minimum atomic E-state index is -0.0168. The zero-order valence-electron chi connectivity index (χ0n) is 17.1. The fourth-order valence-electron chi connectivity index (χ4n) is 5.01. The molecular weight excluding hydrogens is 394 g/mol. The average molecular weight is 411 g/mol. The maximum Gasteiger partial charge on any atom is 0.263 e. The zero-order chi connectivity index (χ0) is 21.2. The van der Waals surface area contributed by atoms with Crippen molar-refractivity contribution in [3.63, 3.8) is 0 Å². The number of hydrogen-bond donors (Lipinski definition) is 0. The Morgan fingerprint density at radius 3 is 1.78 bits per heavy atom. The lowest BCUT2D eigenvalue weighted by Gasteiger charge is -2.07. The predicted molar refractivity (Wildman–Crippen MR) is 131 cm³/mol. The number of aromatic nitrogens is 1. The van der Waals surface area contributed by atoms with Crippen LogP contribution in [0.15, 0.2) is 112 Å². The fraction of sp³-hybridized carbons (Fsp3) is 0. The molecule has 0 aliphatic heterocycles. The van der Waals surface area contributed by atoms with Crippen LogP contribution in [0.5, 0.6) is 0 Å². The van der Waals surface area contributed by atoms with Crippen LogP contribution in [0.4, 0.5) is 0 Å². The van der Waals surface area contributed by atoms with Crippen molar-refractivity contribution in [3.8, 4) is 22.6 Å². The second-order valence-electron chi connectivity index (χ2n) is 8.10. The number of para-hydroxylation sites is 1. The molecule has 7 aromatic rings. The van der Waals surface area contributed by atoms with Gasteiger partial charge in [0.25, 0.3) is 5.56 Å². The van der Waals surface area contributed by atoms with Crippen molar-refractivity contribution in [2.24, 2.45) is 0 Å². The summed E-state index contributed by atoms with van der Waals surface area (Å²) in [5, 5.41) is 4.78. The van der Waals surface area contributed by atoms with Crippen molar-refractivity contribution in [3.05, 3.63) is 113 Å². The van der Waals surface area contributed by atoms with Crippen LogP contribution in [0.25, 0.3) is 60.6 Å². The van der Waals surface area contributed by atoms with Crippen molar-refractivity contribution < 1.29 is 4.42 Å². The highest BCUT2D eigenvalue weighted by molar-refractivity contribution is 6.24. The Morgan fingerprint density at radius 2 is 1.06 bits per heavy atom. The molecule has 0 radical (unpaired) electrons. The van der Waals surface area contributed by atoms with Gasteiger partial charge in [-0.3, -0.25) is 9.20 Å². The third-order valence-electron chi connectivity index (χ3n) is 6.36. The van der Waals surface area contributed by atoms with E-state index >= 15 is 0 Å². The van der Waals surface area contributed by atoms with Crippen molar-refractivity contribution in [2.45, 2.75) is 0 Å². The van der Waals surface area contributed by atoms with Crippen LogP contribution in [0.1, 0.15) is 0 Å². The molecule has 4 aromatic carbocycles. The van der Waals surface area contributed by atoms with Gasteiger partial charge in [0.05, 0.1) is 10.9 Å². The largest absolute Gasteiger partial charge is 0.453 e. The van der Waals surface area contributed by atoms with E-state index in [9.17, 15) is 4.79 Å². The highest BCUT2D eigenvalue weighted by Gasteiger charge is 2.26. The first kappa shape index (κ1) is 17.3. The van der Waals surface area contributed by atoms with Gasteiger partial charge in [-0.1, -0.05) is 97.1 Å². The van der Waals surface area contributed by atoms with E-state index in [4.69, 9.17) is 4.42 Å². The van der Waals surface area contributed by atoms with Crippen LogP contribution in [0.3, 0.4) is 0 Å². The van der Waals surface area contributed by atoms with Gasteiger partial charge in [0.15, 0.2) is 5.76 Å². The van der Waals surface area contributed by atoms with Gasteiger partial charge >= 0.3 is 0 Å². The molecule has 0 aliphatic rings. The highest BCUT2D eigenvalue weighted by atomic mass is 16.3. The Kier molecular flexibility index (Phi) is 3.42. The molecule has 3 nitrogen and oxygen atoms in total. The third kappa shape index (κ3) is 2.17. The number of nitrogens with zero attached hydrogens (tertiary/aromatic N) is 1. The summed E-state index contributed by atoms with van der Waals surface area (Å²) < 4.78 is 8.42. The van der Waals surface area contributed by atoms with Gasteiger partial charge in [0.2, 0.25) is 0 Å². The summed E-state index contributed by atoms with van der Waals surface area (Å²) in [6, 6.07) is 34.3. The second kappa shape index (κ2) is 6.32. The van der Waals surface area contributed by atoms with Crippen molar-refractivity contribution >= 4 is 38.0 Å². The first-order valence-corrected chi connectivity index (χ1v) is 10.7. The summed E-state index contributed by atoms with van der Waals surface area (Å²) in [5.41, 5.74) is 3.71. The lowest BCUT2D eigenvalue weighted by molar-refractivity contribution is 0.601. The Labute approximate surface area is 183 Å². The van der Waals surface area contributed by atoms with E-state index in [-0.39, 0.29) is 5.56 Å². The lowest BCUT2D eigenvalue weighted by Crippen LogP contribution is -2.12. The first-order valence-electron chi connectivity index (χ1n) is 10.7. The Morgan fingerprint density at radius 1 is 0.500 bits per heavy atom. The molecule has 7 rings (SSSR count). The van der Waals surface area contributed by atoms with Gasteiger partial charge in [-0.05, 0) is 11.5 Å². The topological polar surface area (TPSA) is 34.6 Å². The molecule has 150 valence electrons. The average Bonchev–Trinajstić information content (AvgIpc) is 3.41. The van der Waals surface area contributed by atoms with Crippen molar-refractivity contribution in [1.29, 1.82) is 0 Å².